The molecule has 0 spiro atoms. The van der Waals surface area contributed by atoms with Crippen LogP contribution in [0.15, 0.2) is 0 Å². The van der Waals surface area contributed by atoms with Gasteiger partial charge in [-0.15, -0.1) is 0 Å². The number of hydrogen-bond donors (Lipinski definition) is 0. The Kier molecular flexibility index (Phi) is 3.96. The Morgan fingerprint density at radius 1 is 1.31 bits per heavy atom. The van der Waals surface area contributed by atoms with Crippen LogP contribution in [0, 0.1) is 0 Å². The van der Waals surface area contributed by atoms with E-state index in [2.05, 4.69) is 4.74 Å². The average Bonchev–Trinajstić information content (AvgIpc) is 2.28. The Morgan fingerprint density at radius 3 is 2.25 bits per heavy atom. The smallest absolute Gasteiger partial charge is 0.326 e. The molecule has 1 saturated heterocycles. The summed E-state index contributed by atoms with van der Waals surface area (Å²) in [5, 5.41) is -0.504. The van der Waals surface area contributed by atoms with Gasteiger partial charge in [-0.2, -0.15) is 0 Å². The summed E-state index contributed by atoms with van der Waals surface area (Å²) in [6.45, 7) is 3.65. The van der Waals surface area contributed by atoms with Crippen LogP contribution in [0.4, 0.5) is 0 Å². The minimum Gasteiger partial charge on any atom is -0.468 e. The summed E-state index contributed by atoms with van der Waals surface area (Å²) in [6, 6.07) is 0. The van der Waals surface area contributed by atoms with Gasteiger partial charge in [0, 0.05) is 13.2 Å². The molecule has 1 aliphatic heterocycles. The van der Waals surface area contributed by atoms with Crippen molar-refractivity contribution >= 4 is 15.8 Å². The number of sulfone groups is 1. The lowest BCUT2D eigenvalue weighted by atomic mass is 10.2. The molecular formula is C10H18O5S. The zero-order chi connectivity index (χ0) is 12.4. The van der Waals surface area contributed by atoms with E-state index in [1.165, 1.54) is 21.0 Å². The van der Waals surface area contributed by atoms with Gasteiger partial charge in [-0.25, -0.2) is 8.42 Å². The number of ether oxygens (including phenoxy) is 2. The summed E-state index contributed by atoms with van der Waals surface area (Å²) in [4.78, 5) is 11.5. The van der Waals surface area contributed by atoms with Crippen molar-refractivity contribution in [1.82, 2.24) is 0 Å². The van der Waals surface area contributed by atoms with Crippen LogP contribution in [-0.4, -0.2) is 44.7 Å². The molecule has 0 unspecified atom stereocenters. The fourth-order valence-electron chi connectivity index (χ4n) is 1.76. The highest BCUT2D eigenvalue weighted by Crippen LogP contribution is 2.28. The third kappa shape index (κ3) is 2.22. The van der Waals surface area contributed by atoms with Gasteiger partial charge in [0.15, 0.2) is 14.6 Å². The van der Waals surface area contributed by atoms with Crippen molar-refractivity contribution in [3.63, 3.8) is 0 Å². The highest BCUT2D eigenvalue weighted by atomic mass is 32.2. The van der Waals surface area contributed by atoms with E-state index in [4.69, 9.17) is 4.74 Å². The van der Waals surface area contributed by atoms with Crippen molar-refractivity contribution in [2.45, 2.75) is 36.7 Å². The second-order valence-corrected chi connectivity index (χ2v) is 7.14. The van der Waals surface area contributed by atoms with Gasteiger partial charge in [-0.1, -0.05) is 0 Å². The Morgan fingerprint density at radius 2 is 1.81 bits per heavy atom. The highest BCUT2D eigenvalue weighted by molar-refractivity contribution is 7.94. The van der Waals surface area contributed by atoms with E-state index in [0.717, 1.165) is 0 Å². The van der Waals surface area contributed by atoms with Crippen molar-refractivity contribution < 1.29 is 22.7 Å². The molecule has 0 aromatic carbocycles. The molecule has 5 nitrogen and oxygen atoms in total. The number of carbonyl (C=O) groups is 1. The van der Waals surface area contributed by atoms with Crippen molar-refractivity contribution in [2.75, 3.05) is 20.3 Å². The normalized spacial score (nSPS) is 19.4. The predicted molar refractivity (Wildman–Crippen MR) is 58.9 cm³/mol. The Labute approximate surface area is 96.0 Å². The van der Waals surface area contributed by atoms with E-state index in [1.807, 2.05) is 0 Å². The molecule has 0 amide bonds. The summed E-state index contributed by atoms with van der Waals surface area (Å²) < 4.78 is 32.7. The minimum atomic E-state index is -3.53. The SMILES string of the molecule is COC(=O)C(C)(C)S(=O)(=O)C1CCOCC1. The third-order valence-electron chi connectivity index (χ3n) is 3.00. The quantitative estimate of drug-likeness (QED) is 0.683. The number of rotatable bonds is 3. The van der Waals surface area contributed by atoms with E-state index >= 15 is 0 Å². The van der Waals surface area contributed by atoms with E-state index in [1.54, 1.807) is 0 Å². The van der Waals surface area contributed by atoms with Crippen molar-refractivity contribution in [1.29, 1.82) is 0 Å². The molecule has 1 fully saturated rings. The standard InChI is InChI=1S/C10H18O5S/c1-10(2,9(11)14-3)16(12,13)8-4-6-15-7-5-8/h8H,4-7H2,1-3H3. The molecule has 0 N–H and O–H groups in total. The van der Waals surface area contributed by atoms with Crippen molar-refractivity contribution in [3.05, 3.63) is 0 Å². The largest absolute Gasteiger partial charge is 0.468 e. The molecule has 0 saturated carbocycles. The molecule has 0 radical (unpaired) electrons. The fourth-order valence-corrected chi connectivity index (χ4v) is 3.73. The number of hydrogen-bond acceptors (Lipinski definition) is 5. The van der Waals surface area contributed by atoms with Gasteiger partial charge in [0.2, 0.25) is 0 Å². The molecule has 94 valence electrons. The van der Waals surface area contributed by atoms with Crippen LogP contribution in [0.25, 0.3) is 0 Å². The molecular weight excluding hydrogens is 232 g/mol. The lowest BCUT2D eigenvalue weighted by molar-refractivity contribution is -0.142. The van der Waals surface area contributed by atoms with E-state index in [0.29, 0.717) is 26.1 Å². The summed E-state index contributed by atoms with van der Waals surface area (Å²) in [6.07, 6.45) is 0.894. The monoisotopic (exact) mass is 250 g/mol. The van der Waals surface area contributed by atoms with Gasteiger partial charge in [0.25, 0.3) is 0 Å². The van der Waals surface area contributed by atoms with Gasteiger partial charge in [-0.3, -0.25) is 4.79 Å². The summed E-state index contributed by atoms with van der Waals surface area (Å²) in [5.74, 6) is -0.709. The molecule has 1 rings (SSSR count). The molecule has 0 aliphatic carbocycles. The zero-order valence-corrected chi connectivity index (χ0v) is 10.7. The summed E-state index contributed by atoms with van der Waals surface area (Å²) in [7, 11) is -2.33. The van der Waals surface area contributed by atoms with Crippen LogP contribution < -0.4 is 0 Å². The van der Waals surface area contributed by atoms with E-state index < -0.39 is 25.8 Å². The predicted octanol–water partition coefficient (Wildman–Crippen LogP) is 0.532. The maximum absolute atomic E-state index is 12.3. The van der Waals surface area contributed by atoms with Crippen LogP contribution in [0.2, 0.25) is 0 Å². The number of carbonyl (C=O) groups excluding carboxylic acids is 1. The second-order valence-electron chi connectivity index (χ2n) is 4.36. The van der Waals surface area contributed by atoms with Gasteiger partial charge < -0.3 is 9.47 Å². The van der Waals surface area contributed by atoms with Crippen LogP contribution in [0.5, 0.6) is 0 Å². The van der Waals surface area contributed by atoms with Crippen LogP contribution in [-0.2, 0) is 24.1 Å². The van der Waals surface area contributed by atoms with Gasteiger partial charge in [0.05, 0.1) is 12.4 Å². The molecule has 6 heteroatoms. The van der Waals surface area contributed by atoms with E-state index in [9.17, 15) is 13.2 Å². The lowest BCUT2D eigenvalue weighted by Crippen LogP contribution is -2.48. The molecule has 16 heavy (non-hydrogen) atoms. The Hall–Kier alpha value is -0.620. The van der Waals surface area contributed by atoms with Crippen molar-refractivity contribution in [2.24, 2.45) is 0 Å². The van der Waals surface area contributed by atoms with Gasteiger partial charge in [0.1, 0.15) is 0 Å². The first-order valence-corrected chi connectivity index (χ1v) is 6.78. The molecule has 0 aromatic heterocycles. The average molecular weight is 250 g/mol. The number of methoxy groups -OCH3 is 1. The second kappa shape index (κ2) is 4.71. The number of esters is 1. The Balaban J connectivity index is 2.95. The minimum absolute atomic E-state index is 0.432. The first-order valence-electron chi connectivity index (χ1n) is 5.23. The molecule has 0 bridgehead atoms. The Bertz CT molecular complexity index is 351. The molecule has 0 aromatic rings. The van der Waals surface area contributed by atoms with Crippen LogP contribution in [0.3, 0.4) is 0 Å². The topological polar surface area (TPSA) is 69.7 Å². The molecule has 0 atom stereocenters. The lowest BCUT2D eigenvalue weighted by Gasteiger charge is -2.30. The van der Waals surface area contributed by atoms with Crippen LogP contribution in [0.1, 0.15) is 26.7 Å². The van der Waals surface area contributed by atoms with Gasteiger partial charge in [-0.05, 0) is 26.7 Å². The maximum atomic E-state index is 12.3. The van der Waals surface area contributed by atoms with Crippen LogP contribution >= 0.6 is 0 Å². The fraction of sp³-hybridized carbons (Fsp3) is 0.900. The molecule has 1 aliphatic rings. The third-order valence-corrected chi connectivity index (χ3v) is 5.93. The maximum Gasteiger partial charge on any atom is 0.326 e. The first kappa shape index (κ1) is 13.4. The van der Waals surface area contributed by atoms with Crippen molar-refractivity contribution in [3.8, 4) is 0 Å². The molecule has 1 heterocycles. The zero-order valence-electron chi connectivity index (χ0n) is 9.86. The van der Waals surface area contributed by atoms with E-state index in [-0.39, 0.29) is 0 Å². The first-order chi connectivity index (χ1) is 7.34. The highest BCUT2D eigenvalue weighted by Gasteiger charge is 2.47. The summed E-state index contributed by atoms with van der Waals surface area (Å²) >= 11 is 0. The summed E-state index contributed by atoms with van der Waals surface area (Å²) in [5.41, 5.74) is 0. The van der Waals surface area contributed by atoms with Gasteiger partial charge >= 0.3 is 5.97 Å².